The minimum atomic E-state index is -0.567. The maximum atomic E-state index is 12.4. The number of hydrogen-bond donors (Lipinski definition) is 1. The molecule has 0 unspecified atom stereocenters. The van der Waals surface area contributed by atoms with Crippen molar-refractivity contribution in [1.29, 1.82) is 5.26 Å². The van der Waals surface area contributed by atoms with Crippen molar-refractivity contribution in [2.75, 3.05) is 19.0 Å². The molecule has 2 aromatic carbocycles. The Bertz CT molecular complexity index is 955. The van der Waals surface area contributed by atoms with E-state index >= 15 is 0 Å². The monoisotopic (exact) mass is 482 g/mol. The molecule has 0 bridgehead atoms. The molecule has 0 radical (unpaired) electrons. The zero-order valence-corrected chi connectivity index (χ0v) is 18.3. The first-order chi connectivity index (χ1) is 13.4. The van der Waals surface area contributed by atoms with Gasteiger partial charge in [-0.15, -0.1) is 0 Å². The van der Waals surface area contributed by atoms with Crippen LogP contribution in [0.4, 0.5) is 5.69 Å². The fourth-order valence-electron chi connectivity index (χ4n) is 2.25. The Balaban J connectivity index is 2.30. The Morgan fingerprint density at radius 3 is 2.64 bits per heavy atom. The second-order valence-electron chi connectivity index (χ2n) is 5.64. The molecule has 0 heterocycles. The number of nitrogens with one attached hydrogen (secondary N) is 1. The van der Waals surface area contributed by atoms with Crippen LogP contribution in [0, 0.1) is 11.3 Å². The van der Waals surface area contributed by atoms with Gasteiger partial charge in [0.1, 0.15) is 11.6 Å². The molecule has 8 heteroatoms. The van der Waals surface area contributed by atoms with Gasteiger partial charge < -0.3 is 14.8 Å². The number of amides is 1. The number of hydrogen-bond acceptors (Lipinski definition) is 4. The number of carbonyl (C=O) groups excluding carboxylic acids is 1. The third kappa shape index (κ3) is 5.65. The summed E-state index contributed by atoms with van der Waals surface area (Å²) in [6.07, 6.45) is 2.31. The maximum absolute atomic E-state index is 12.4. The molecule has 146 valence electrons. The van der Waals surface area contributed by atoms with Crippen LogP contribution >= 0.6 is 39.1 Å². The Morgan fingerprint density at radius 1 is 1.29 bits per heavy atom. The standard InChI is InChI=1S/C20H17BrCl2N2O3/c1-3-6-28-19-15(21)8-12(9-18(19)27-2)7-13(11-24)20(26)25-14-4-5-16(22)17(23)10-14/h4-5,7-10H,3,6H2,1-2H3,(H,25,26)/b13-7+. The summed E-state index contributed by atoms with van der Waals surface area (Å²) >= 11 is 15.3. The first-order valence-corrected chi connectivity index (χ1v) is 9.83. The molecule has 2 aromatic rings. The molecule has 28 heavy (non-hydrogen) atoms. The number of methoxy groups -OCH3 is 1. The average Bonchev–Trinajstić information content (AvgIpc) is 2.67. The summed E-state index contributed by atoms with van der Waals surface area (Å²) in [7, 11) is 1.52. The second-order valence-corrected chi connectivity index (χ2v) is 7.30. The van der Waals surface area contributed by atoms with E-state index in [0.717, 1.165) is 6.42 Å². The smallest absolute Gasteiger partial charge is 0.266 e. The molecule has 0 fully saturated rings. The van der Waals surface area contributed by atoms with Gasteiger partial charge >= 0.3 is 0 Å². The summed E-state index contributed by atoms with van der Waals surface area (Å²) in [6, 6.07) is 10.0. The van der Waals surface area contributed by atoms with Gasteiger partial charge in [-0.1, -0.05) is 30.1 Å². The van der Waals surface area contributed by atoms with Crippen LogP contribution in [0.3, 0.4) is 0 Å². The van der Waals surface area contributed by atoms with Crippen molar-refractivity contribution >= 4 is 56.8 Å². The van der Waals surface area contributed by atoms with Crippen LogP contribution in [0.15, 0.2) is 40.4 Å². The molecule has 0 aliphatic carbocycles. The Hall–Kier alpha value is -2.20. The first kappa shape index (κ1) is 22.1. The lowest BCUT2D eigenvalue weighted by Gasteiger charge is -2.13. The summed E-state index contributed by atoms with van der Waals surface area (Å²) in [5.74, 6) is 0.499. The lowest BCUT2D eigenvalue weighted by molar-refractivity contribution is -0.112. The van der Waals surface area contributed by atoms with Gasteiger partial charge in [0.05, 0.1) is 28.2 Å². The molecule has 1 N–H and O–H groups in total. The molecular formula is C20H17BrCl2N2O3. The quantitative estimate of drug-likeness (QED) is 0.381. The SMILES string of the molecule is CCCOc1c(Br)cc(/C=C(\C#N)C(=O)Nc2ccc(Cl)c(Cl)c2)cc1OC. The van der Waals surface area contributed by atoms with Crippen LogP contribution in [0.2, 0.25) is 10.0 Å². The Kier molecular flexibility index (Phi) is 8.18. The van der Waals surface area contributed by atoms with Crippen LogP contribution in [-0.4, -0.2) is 19.6 Å². The van der Waals surface area contributed by atoms with Crippen molar-refractivity contribution in [3.05, 3.63) is 56.0 Å². The first-order valence-electron chi connectivity index (χ1n) is 8.28. The molecule has 5 nitrogen and oxygen atoms in total. The van der Waals surface area contributed by atoms with E-state index in [9.17, 15) is 10.1 Å². The van der Waals surface area contributed by atoms with Crippen molar-refractivity contribution in [3.63, 3.8) is 0 Å². The van der Waals surface area contributed by atoms with Gasteiger partial charge in [0.25, 0.3) is 5.91 Å². The van der Waals surface area contributed by atoms with Gasteiger partial charge in [-0.3, -0.25) is 4.79 Å². The normalized spacial score (nSPS) is 10.9. The predicted molar refractivity (Wildman–Crippen MR) is 115 cm³/mol. The average molecular weight is 484 g/mol. The van der Waals surface area contributed by atoms with Crippen molar-refractivity contribution < 1.29 is 14.3 Å². The fraction of sp³-hybridized carbons (Fsp3) is 0.200. The molecule has 0 aliphatic rings. The third-order valence-corrected chi connectivity index (χ3v) is 4.88. The summed E-state index contributed by atoms with van der Waals surface area (Å²) in [5.41, 5.74) is 0.957. The number of carbonyl (C=O) groups is 1. The summed E-state index contributed by atoms with van der Waals surface area (Å²) < 4.78 is 11.7. The summed E-state index contributed by atoms with van der Waals surface area (Å²) in [5, 5.41) is 12.7. The molecule has 2 rings (SSSR count). The van der Waals surface area contributed by atoms with Gasteiger partial charge in [0, 0.05) is 5.69 Å². The highest BCUT2D eigenvalue weighted by Gasteiger charge is 2.14. The molecule has 0 aromatic heterocycles. The van der Waals surface area contributed by atoms with E-state index in [2.05, 4.69) is 21.2 Å². The Morgan fingerprint density at radius 2 is 2.04 bits per heavy atom. The number of benzene rings is 2. The van der Waals surface area contributed by atoms with Gasteiger partial charge in [-0.2, -0.15) is 5.26 Å². The molecular weight excluding hydrogens is 467 g/mol. The van der Waals surface area contributed by atoms with Crippen molar-refractivity contribution in [1.82, 2.24) is 0 Å². The van der Waals surface area contributed by atoms with Crippen molar-refractivity contribution in [3.8, 4) is 17.6 Å². The number of halogens is 3. The van der Waals surface area contributed by atoms with Gasteiger partial charge in [-0.25, -0.2) is 0 Å². The van der Waals surface area contributed by atoms with E-state index in [1.807, 2.05) is 13.0 Å². The lowest BCUT2D eigenvalue weighted by Crippen LogP contribution is -2.13. The van der Waals surface area contributed by atoms with E-state index in [4.69, 9.17) is 32.7 Å². The zero-order chi connectivity index (χ0) is 20.7. The van der Waals surface area contributed by atoms with E-state index in [0.29, 0.717) is 43.9 Å². The molecule has 1 amide bonds. The highest BCUT2D eigenvalue weighted by molar-refractivity contribution is 9.10. The van der Waals surface area contributed by atoms with Crippen LogP contribution in [0.1, 0.15) is 18.9 Å². The fourth-order valence-corrected chi connectivity index (χ4v) is 3.13. The number of nitrogens with zero attached hydrogens (tertiary/aromatic N) is 1. The van der Waals surface area contributed by atoms with E-state index in [1.165, 1.54) is 19.3 Å². The number of nitriles is 1. The zero-order valence-electron chi connectivity index (χ0n) is 15.2. The van der Waals surface area contributed by atoms with Crippen molar-refractivity contribution in [2.45, 2.75) is 13.3 Å². The molecule has 0 spiro atoms. The van der Waals surface area contributed by atoms with Crippen LogP contribution in [-0.2, 0) is 4.79 Å². The largest absolute Gasteiger partial charge is 0.493 e. The molecule has 0 saturated heterocycles. The topological polar surface area (TPSA) is 71.3 Å². The molecule has 0 aliphatic heterocycles. The van der Waals surface area contributed by atoms with Crippen LogP contribution in [0.5, 0.6) is 11.5 Å². The minimum absolute atomic E-state index is 0.0812. The highest BCUT2D eigenvalue weighted by atomic mass is 79.9. The summed E-state index contributed by atoms with van der Waals surface area (Å²) in [4.78, 5) is 12.4. The van der Waals surface area contributed by atoms with Crippen LogP contribution in [0.25, 0.3) is 6.08 Å². The van der Waals surface area contributed by atoms with Gasteiger partial charge in [0.2, 0.25) is 0 Å². The Labute approximate surface area is 182 Å². The van der Waals surface area contributed by atoms with E-state index in [1.54, 1.807) is 24.3 Å². The molecule has 0 saturated carbocycles. The van der Waals surface area contributed by atoms with E-state index in [-0.39, 0.29) is 5.57 Å². The maximum Gasteiger partial charge on any atom is 0.266 e. The third-order valence-electron chi connectivity index (χ3n) is 3.56. The second kappa shape index (κ2) is 10.4. The number of rotatable bonds is 7. The van der Waals surface area contributed by atoms with Gasteiger partial charge in [0.15, 0.2) is 11.5 Å². The van der Waals surface area contributed by atoms with Gasteiger partial charge in [-0.05, 0) is 64.3 Å². The van der Waals surface area contributed by atoms with Crippen molar-refractivity contribution in [2.24, 2.45) is 0 Å². The van der Waals surface area contributed by atoms with E-state index < -0.39 is 5.91 Å². The van der Waals surface area contributed by atoms with Crippen LogP contribution < -0.4 is 14.8 Å². The number of anilines is 1. The minimum Gasteiger partial charge on any atom is -0.493 e. The number of ether oxygens (including phenoxy) is 2. The molecule has 0 atom stereocenters. The highest BCUT2D eigenvalue weighted by Crippen LogP contribution is 2.37. The summed E-state index contributed by atoms with van der Waals surface area (Å²) in [6.45, 7) is 2.54. The lowest BCUT2D eigenvalue weighted by atomic mass is 10.1. The predicted octanol–water partition coefficient (Wildman–Crippen LogP) is 6.10.